The van der Waals surface area contributed by atoms with Crippen LogP contribution in [0, 0.1) is 0 Å². The van der Waals surface area contributed by atoms with E-state index in [1.807, 2.05) is 0 Å². The fourth-order valence-corrected chi connectivity index (χ4v) is 4.51. The number of hydrogen-bond donors (Lipinski definition) is 1. The quantitative estimate of drug-likeness (QED) is 0.835. The minimum absolute atomic E-state index is 0.163. The molecule has 18 heavy (non-hydrogen) atoms. The molecule has 0 aromatic heterocycles. The van der Waals surface area contributed by atoms with E-state index in [0.717, 1.165) is 25.7 Å². The predicted octanol–water partition coefficient (Wildman–Crippen LogP) is 0.952. The zero-order valence-corrected chi connectivity index (χ0v) is 11.9. The lowest BCUT2D eigenvalue weighted by atomic mass is 9.96. The summed E-state index contributed by atoms with van der Waals surface area (Å²) in [5.41, 5.74) is 0. The normalized spacial score (nSPS) is 25.7. The van der Waals surface area contributed by atoms with Crippen LogP contribution < -0.4 is 0 Å². The molecule has 2 aliphatic rings. The molecular weight excluding hydrogens is 252 g/mol. The summed E-state index contributed by atoms with van der Waals surface area (Å²) in [5.74, 6) is 0. The van der Waals surface area contributed by atoms with Gasteiger partial charge >= 0.3 is 0 Å². The van der Waals surface area contributed by atoms with Gasteiger partial charge in [0.25, 0.3) is 10.2 Å². The Morgan fingerprint density at radius 3 is 2.17 bits per heavy atom. The van der Waals surface area contributed by atoms with Gasteiger partial charge < -0.3 is 5.11 Å². The maximum atomic E-state index is 12.5. The number of rotatable bonds is 3. The lowest BCUT2D eigenvalue weighted by Gasteiger charge is -2.36. The highest BCUT2D eigenvalue weighted by molar-refractivity contribution is 7.86. The molecule has 0 radical (unpaired) electrons. The van der Waals surface area contributed by atoms with E-state index in [0.29, 0.717) is 25.9 Å². The Morgan fingerprint density at radius 2 is 1.61 bits per heavy atom. The second kappa shape index (κ2) is 5.86. The average molecular weight is 276 g/mol. The van der Waals surface area contributed by atoms with E-state index >= 15 is 0 Å². The summed E-state index contributed by atoms with van der Waals surface area (Å²) in [6.07, 6.45) is 6.21. The molecule has 1 saturated heterocycles. The van der Waals surface area contributed by atoms with Crippen molar-refractivity contribution in [1.29, 1.82) is 0 Å². The van der Waals surface area contributed by atoms with Gasteiger partial charge in [0.2, 0.25) is 0 Å². The third-order valence-electron chi connectivity index (χ3n) is 4.20. The molecule has 0 unspecified atom stereocenters. The fourth-order valence-electron chi connectivity index (χ4n) is 2.89. The molecule has 1 aliphatic heterocycles. The molecule has 0 atom stereocenters. The Balaban J connectivity index is 2.00. The molecule has 0 aromatic rings. The molecule has 2 rings (SSSR count). The largest absolute Gasteiger partial charge is 0.393 e. The summed E-state index contributed by atoms with van der Waals surface area (Å²) in [6.45, 7) is 0.890. The van der Waals surface area contributed by atoms with Gasteiger partial charge in [-0.15, -0.1) is 0 Å². The number of hydrogen-bond acceptors (Lipinski definition) is 3. The molecule has 0 spiro atoms. The van der Waals surface area contributed by atoms with E-state index < -0.39 is 10.2 Å². The van der Waals surface area contributed by atoms with E-state index in [9.17, 15) is 13.5 Å². The van der Waals surface area contributed by atoms with Crippen molar-refractivity contribution in [2.45, 2.75) is 57.1 Å². The molecule has 1 heterocycles. The summed E-state index contributed by atoms with van der Waals surface area (Å²) in [5, 5.41) is 9.44. The van der Waals surface area contributed by atoms with Crippen LogP contribution in [-0.4, -0.2) is 54.4 Å². The molecular formula is C12H24N2O3S. The van der Waals surface area contributed by atoms with Crippen molar-refractivity contribution in [2.24, 2.45) is 0 Å². The summed E-state index contributed by atoms with van der Waals surface area (Å²) >= 11 is 0. The molecule has 1 saturated carbocycles. The van der Waals surface area contributed by atoms with E-state index in [-0.39, 0.29) is 12.1 Å². The zero-order chi connectivity index (χ0) is 13.2. The Morgan fingerprint density at radius 1 is 1.06 bits per heavy atom. The Labute approximate surface area is 110 Å². The minimum Gasteiger partial charge on any atom is -0.393 e. The van der Waals surface area contributed by atoms with Crippen molar-refractivity contribution in [3.8, 4) is 0 Å². The van der Waals surface area contributed by atoms with Gasteiger partial charge in [-0.3, -0.25) is 0 Å². The molecule has 5 nitrogen and oxygen atoms in total. The number of aliphatic hydroxyl groups excluding tert-OH is 1. The van der Waals surface area contributed by atoms with Crippen LogP contribution in [0.2, 0.25) is 0 Å². The molecule has 6 heteroatoms. The van der Waals surface area contributed by atoms with Crippen molar-refractivity contribution >= 4 is 10.2 Å². The van der Waals surface area contributed by atoms with E-state index in [4.69, 9.17) is 0 Å². The second-order valence-corrected chi connectivity index (χ2v) is 7.43. The SMILES string of the molecule is CN(C1CCCCC1)S(=O)(=O)N1CCC(O)CC1. The molecule has 0 amide bonds. The van der Waals surface area contributed by atoms with Crippen LogP contribution >= 0.6 is 0 Å². The molecule has 1 aliphatic carbocycles. The highest BCUT2D eigenvalue weighted by atomic mass is 32.2. The van der Waals surface area contributed by atoms with Gasteiger partial charge in [-0.25, -0.2) is 0 Å². The summed E-state index contributed by atoms with van der Waals surface area (Å²) in [6, 6.07) is 0.163. The summed E-state index contributed by atoms with van der Waals surface area (Å²) in [4.78, 5) is 0. The first kappa shape index (κ1) is 14.2. The van der Waals surface area contributed by atoms with Gasteiger partial charge in [0, 0.05) is 26.2 Å². The first-order valence-electron chi connectivity index (χ1n) is 6.93. The first-order valence-corrected chi connectivity index (χ1v) is 8.32. The Hall–Kier alpha value is -0.170. The van der Waals surface area contributed by atoms with Crippen molar-refractivity contribution in [3.05, 3.63) is 0 Å². The van der Waals surface area contributed by atoms with Gasteiger partial charge in [0.15, 0.2) is 0 Å². The zero-order valence-electron chi connectivity index (χ0n) is 11.1. The minimum atomic E-state index is -3.33. The number of nitrogens with zero attached hydrogens (tertiary/aromatic N) is 2. The average Bonchev–Trinajstić information content (AvgIpc) is 2.39. The topological polar surface area (TPSA) is 60.9 Å². The van der Waals surface area contributed by atoms with Crippen LogP contribution in [0.15, 0.2) is 0 Å². The van der Waals surface area contributed by atoms with Gasteiger partial charge in [-0.05, 0) is 25.7 Å². The maximum absolute atomic E-state index is 12.5. The van der Waals surface area contributed by atoms with E-state index in [2.05, 4.69) is 0 Å². The smallest absolute Gasteiger partial charge is 0.281 e. The van der Waals surface area contributed by atoms with Crippen molar-refractivity contribution < 1.29 is 13.5 Å². The van der Waals surface area contributed by atoms with Crippen molar-refractivity contribution in [1.82, 2.24) is 8.61 Å². The van der Waals surface area contributed by atoms with Crippen LogP contribution in [0.1, 0.15) is 44.9 Å². The van der Waals surface area contributed by atoms with Crippen LogP contribution in [0.4, 0.5) is 0 Å². The van der Waals surface area contributed by atoms with Gasteiger partial charge in [0.1, 0.15) is 0 Å². The Kier molecular flexibility index (Phi) is 4.64. The molecule has 1 N–H and O–H groups in total. The Bertz CT molecular complexity index is 358. The van der Waals surface area contributed by atoms with E-state index in [1.54, 1.807) is 11.4 Å². The predicted molar refractivity (Wildman–Crippen MR) is 70.4 cm³/mol. The van der Waals surface area contributed by atoms with Gasteiger partial charge in [-0.1, -0.05) is 19.3 Å². The fraction of sp³-hybridized carbons (Fsp3) is 1.00. The maximum Gasteiger partial charge on any atom is 0.281 e. The molecule has 0 aromatic carbocycles. The van der Waals surface area contributed by atoms with E-state index in [1.165, 1.54) is 10.7 Å². The van der Waals surface area contributed by atoms with Crippen molar-refractivity contribution in [2.75, 3.05) is 20.1 Å². The van der Waals surface area contributed by atoms with Crippen molar-refractivity contribution in [3.63, 3.8) is 0 Å². The summed E-state index contributed by atoms with van der Waals surface area (Å²) < 4.78 is 28.0. The first-order chi connectivity index (χ1) is 8.51. The third kappa shape index (κ3) is 3.04. The standard InChI is InChI=1S/C12H24N2O3S/c1-13(11-5-3-2-4-6-11)18(16,17)14-9-7-12(15)8-10-14/h11-12,15H,2-10H2,1H3. The summed E-state index contributed by atoms with van der Waals surface area (Å²) in [7, 11) is -1.62. The van der Waals surface area contributed by atoms with Crippen LogP contribution in [0.3, 0.4) is 0 Å². The number of piperidine rings is 1. The number of aliphatic hydroxyl groups is 1. The highest BCUT2D eigenvalue weighted by Gasteiger charge is 2.34. The molecule has 106 valence electrons. The van der Waals surface area contributed by atoms with Crippen LogP contribution in [-0.2, 0) is 10.2 Å². The van der Waals surface area contributed by atoms with Gasteiger partial charge in [0.05, 0.1) is 6.10 Å². The van der Waals surface area contributed by atoms with Crippen LogP contribution in [0.25, 0.3) is 0 Å². The highest BCUT2D eigenvalue weighted by Crippen LogP contribution is 2.25. The van der Waals surface area contributed by atoms with Gasteiger partial charge in [-0.2, -0.15) is 17.0 Å². The second-order valence-electron chi connectivity index (χ2n) is 5.45. The molecule has 2 fully saturated rings. The molecule has 0 bridgehead atoms. The third-order valence-corrected chi connectivity index (χ3v) is 6.25. The lowest BCUT2D eigenvalue weighted by molar-refractivity contribution is 0.109. The monoisotopic (exact) mass is 276 g/mol. The van der Waals surface area contributed by atoms with Crippen LogP contribution in [0.5, 0.6) is 0 Å². The lowest BCUT2D eigenvalue weighted by Crippen LogP contribution is -2.50.